The third kappa shape index (κ3) is 5.86. The summed E-state index contributed by atoms with van der Waals surface area (Å²) in [5, 5.41) is 8.06. The van der Waals surface area contributed by atoms with Crippen LogP contribution in [0.1, 0.15) is 6.42 Å². The van der Waals surface area contributed by atoms with Crippen LogP contribution in [0.4, 0.5) is 0 Å². The van der Waals surface area contributed by atoms with Crippen molar-refractivity contribution in [2.24, 2.45) is 0 Å². The molecule has 0 aliphatic carbocycles. The van der Waals surface area contributed by atoms with Crippen LogP contribution in [0, 0.1) is 0 Å². The standard InChI is InChI=1S/C4H9O3P/c1-8(7)3-2-4(5)6/h7H,2-3H2,1H3,(H,5,6). The lowest BCUT2D eigenvalue weighted by molar-refractivity contribution is -0.136. The number of aliphatic carboxylic acids is 1. The van der Waals surface area contributed by atoms with Gasteiger partial charge in [-0.05, 0) is 6.66 Å². The van der Waals surface area contributed by atoms with Crippen LogP contribution in [-0.2, 0) is 4.79 Å². The van der Waals surface area contributed by atoms with Gasteiger partial charge in [0.2, 0.25) is 0 Å². The van der Waals surface area contributed by atoms with E-state index >= 15 is 0 Å². The number of carboxylic acids is 1. The first-order valence-electron chi connectivity index (χ1n) is 2.24. The van der Waals surface area contributed by atoms with Gasteiger partial charge in [-0.25, -0.2) is 0 Å². The van der Waals surface area contributed by atoms with Crippen molar-refractivity contribution in [2.75, 3.05) is 12.8 Å². The van der Waals surface area contributed by atoms with E-state index in [1.165, 1.54) is 0 Å². The lowest BCUT2D eigenvalue weighted by Gasteiger charge is -1.97. The van der Waals surface area contributed by atoms with Gasteiger partial charge >= 0.3 is 5.97 Å². The molecule has 0 aliphatic heterocycles. The van der Waals surface area contributed by atoms with Gasteiger partial charge in [-0.15, -0.1) is 0 Å². The molecular weight excluding hydrogens is 127 g/mol. The summed E-state index contributed by atoms with van der Waals surface area (Å²) in [4.78, 5) is 18.4. The lowest BCUT2D eigenvalue weighted by Crippen LogP contribution is -1.96. The van der Waals surface area contributed by atoms with Crippen LogP contribution in [0.3, 0.4) is 0 Å². The predicted octanol–water partition coefficient (Wildman–Crippen LogP) is 0.480. The molecule has 0 saturated heterocycles. The van der Waals surface area contributed by atoms with Crippen molar-refractivity contribution in [3.8, 4) is 0 Å². The molecule has 2 N–H and O–H groups in total. The number of carbonyl (C=O) groups is 1. The van der Waals surface area contributed by atoms with Crippen LogP contribution in [0.2, 0.25) is 0 Å². The summed E-state index contributed by atoms with van der Waals surface area (Å²) >= 11 is 0. The molecule has 0 amide bonds. The van der Waals surface area contributed by atoms with Crippen molar-refractivity contribution in [1.29, 1.82) is 0 Å². The first-order chi connectivity index (χ1) is 3.63. The van der Waals surface area contributed by atoms with Gasteiger partial charge in [0.05, 0.1) is 6.42 Å². The third-order valence-electron chi connectivity index (χ3n) is 0.649. The van der Waals surface area contributed by atoms with Gasteiger partial charge < -0.3 is 10.00 Å². The first kappa shape index (κ1) is 7.86. The van der Waals surface area contributed by atoms with Crippen molar-refractivity contribution >= 4 is 14.1 Å². The zero-order valence-corrected chi connectivity index (χ0v) is 5.56. The Morgan fingerprint density at radius 3 is 2.38 bits per heavy atom. The molecule has 0 spiro atoms. The highest BCUT2D eigenvalue weighted by atomic mass is 31.1. The van der Waals surface area contributed by atoms with Gasteiger partial charge in [-0.1, -0.05) is 0 Å². The number of hydrogen-bond donors (Lipinski definition) is 2. The minimum Gasteiger partial charge on any atom is -0.481 e. The molecule has 0 saturated carbocycles. The van der Waals surface area contributed by atoms with E-state index < -0.39 is 14.1 Å². The Hall–Kier alpha value is -0.140. The predicted molar refractivity (Wildman–Crippen MR) is 32.2 cm³/mol. The lowest BCUT2D eigenvalue weighted by atomic mass is 10.5. The van der Waals surface area contributed by atoms with Crippen molar-refractivity contribution in [1.82, 2.24) is 0 Å². The molecule has 0 aromatic heterocycles. The summed E-state index contributed by atoms with van der Waals surface area (Å²) < 4.78 is 0. The van der Waals surface area contributed by atoms with E-state index in [4.69, 9.17) is 10.00 Å². The third-order valence-corrected chi connectivity index (χ3v) is 1.52. The summed E-state index contributed by atoms with van der Waals surface area (Å²) in [6.07, 6.45) is 0.489. The second kappa shape index (κ2) is 3.81. The second-order valence-corrected chi connectivity index (χ2v) is 3.29. The Balaban J connectivity index is 3.05. The van der Waals surface area contributed by atoms with Crippen molar-refractivity contribution in [2.45, 2.75) is 6.42 Å². The highest BCUT2D eigenvalue weighted by molar-refractivity contribution is 7.50. The highest BCUT2D eigenvalue weighted by Gasteiger charge is 1.99. The van der Waals surface area contributed by atoms with Crippen molar-refractivity contribution in [3.63, 3.8) is 0 Å². The molecule has 0 aliphatic rings. The molecule has 8 heavy (non-hydrogen) atoms. The van der Waals surface area contributed by atoms with Crippen LogP contribution in [-0.4, -0.2) is 28.8 Å². The van der Waals surface area contributed by atoms with E-state index in [0.29, 0.717) is 6.16 Å². The van der Waals surface area contributed by atoms with Gasteiger partial charge in [-0.2, -0.15) is 0 Å². The Bertz CT molecular complexity index is 81.4. The molecule has 0 bridgehead atoms. The molecule has 1 atom stereocenters. The Morgan fingerprint density at radius 1 is 1.75 bits per heavy atom. The normalized spacial score (nSPS) is 13.2. The zero-order chi connectivity index (χ0) is 6.57. The van der Waals surface area contributed by atoms with Crippen LogP contribution in [0.15, 0.2) is 0 Å². The Kier molecular flexibility index (Phi) is 3.75. The molecule has 0 aromatic rings. The van der Waals surface area contributed by atoms with Crippen LogP contribution in [0.5, 0.6) is 0 Å². The van der Waals surface area contributed by atoms with Gasteiger partial charge in [0.25, 0.3) is 0 Å². The van der Waals surface area contributed by atoms with Crippen LogP contribution in [0.25, 0.3) is 0 Å². The summed E-state index contributed by atoms with van der Waals surface area (Å²) in [5.41, 5.74) is 0. The number of hydrogen-bond acceptors (Lipinski definition) is 2. The van der Waals surface area contributed by atoms with Crippen molar-refractivity contribution in [3.05, 3.63) is 0 Å². The largest absolute Gasteiger partial charge is 0.481 e. The Morgan fingerprint density at radius 2 is 2.25 bits per heavy atom. The fraction of sp³-hybridized carbons (Fsp3) is 0.750. The summed E-state index contributed by atoms with van der Waals surface area (Å²) in [6.45, 7) is 1.64. The van der Waals surface area contributed by atoms with Crippen molar-refractivity contribution < 1.29 is 14.8 Å². The minimum absolute atomic E-state index is 0.0820. The van der Waals surface area contributed by atoms with E-state index in [1.54, 1.807) is 6.66 Å². The topological polar surface area (TPSA) is 57.5 Å². The van der Waals surface area contributed by atoms with E-state index in [2.05, 4.69) is 0 Å². The average Bonchev–Trinajstić information content (AvgIpc) is 1.61. The maximum absolute atomic E-state index is 9.80. The number of rotatable bonds is 3. The monoisotopic (exact) mass is 136 g/mol. The quantitative estimate of drug-likeness (QED) is 0.555. The molecule has 0 heterocycles. The summed E-state index contributed by atoms with van der Waals surface area (Å²) in [7, 11) is -1.01. The van der Waals surface area contributed by atoms with Crippen LogP contribution >= 0.6 is 8.15 Å². The second-order valence-electron chi connectivity index (χ2n) is 1.52. The average molecular weight is 136 g/mol. The molecule has 0 fully saturated rings. The fourth-order valence-corrected chi connectivity index (χ4v) is 0.772. The molecular formula is C4H9O3P. The van der Waals surface area contributed by atoms with Gasteiger partial charge in [-0.3, -0.25) is 4.79 Å². The van der Waals surface area contributed by atoms with E-state index in [0.717, 1.165) is 0 Å². The molecule has 4 heteroatoms. The molecule has 0 aromatic carbocycles. The zero-order valence-electron chi connectivity index (χ0n) is 4.66. The first-order valence-corrected chi connectivity index (χ1v) is 4.17. The van der Waals surface area contributed by atoms with E-state index in [-0.39, 0.29) is 6.42 Å². The smallest absolute Gasteiger partial charge is 0.303 e. The highest BCUT2D eigenvalue weighted by Crippen LogP contribution is 2.23. The maximum atomic E-state index is 9.80. The molecule has 0 rings (SSSR count). The van der Waals surface area contributed by atoms with E-state index in [9.17, 15) is 4.79 Å². The molecule has 3 nitrogen and oxygen atoms in total. The SMILES string of the molecule is CP(O)CCC(=O)O. The maximum Gasteiger partial charge on any atom is 0.303 e. The summed E-state index contributed by atoms with van der Waals surface area (Å²) in [6, 6.07) is 0. The van der Waals surface area contributed by atoms with Crippen LogP contribution < -0.4 is 0 Å². The molecule has 0 radical (unpaired) electrons. The molecule has 48 valence electrons. The van der Waals surface area contributed by atoms with Gasteiger partial charge in [0.1, 0.15) is 0 Å². The number of carboxylic acid groups (broad SMARTS) is 1. The fourth-order valence-electron chi connectivity index (χ4n) is 0.257. The minimum atomic E-state index is -1.01. The van der Waals surface area contributed by atoms with Gasteiger partial charge in [0.15, 0.2) is 0 Å². The Labute approximate surface area is 49.2 Å². The van der Waals surface area contributed by atoms with Gasteiger partial charge in [0, 0.05) is 14.3 Å². The van der Waals surface area contributed by atoms with E-state index in [1.807, 2.05) is 0 Å². The molecule has 1 unspecified atom stereocenters. The summed E-state index contributed by atoms with van der Waals surface area (Å²) in [5.74, 6) is -0.839.